The Morgan fingerprint density at radius 1 is 1.19 bits per heavy atom. The van der Waals surface area contributed by atoms with Crippen LogP contribution in [0.2, 0.25) is 0 Å². The van der Waals surface area contributed by atoms with Crippen LogP contribution in [0.15, 0.2) is 42.0 Å². The number of carbonyl (C=O) groups is 1. The maximum atomic E-state index is 12.2. The Bertz CT molecular complexity index is 518. The van der Waals surface area contributed by atoms with Crippen LogP contribution in [0, 0.1) is 17.8 Å². The quantitative estimate of drug-likeness (QED) is 0.454. The second-order valence-corrected chi connectivity index (χ2v) is 6.57. The lowest BCUT2D eigenvalue weighted by molar-refractivity contribution is -0.136. The van der Waals surface area contributed by atoms with Crippen molar-refractivity contribution >= 4 is 5.97 Å². The van der Waals surface area contributed by atoms with E-state index in [9.17, 15) is 4.79 Å². The van der Waals surface area contributed by atoms with E-state index in [1.165, 1.54) is 31.3 Å². The highest BCUT2D eigenvalue weighted by molar-refractivity contribution is 5.72. The molecule has 2 nitrogen and oxygen atoms in total. The number of hydrogen-bond acceptors (Lipinski definition) is 2. The number of benzene rings is 1. The predicted octanol–water partition coefficient (Wildman–Crippen LogP) is 4.75. The van der Waals surface area contributed by atoms with Crippen LogP contribution >= 0.6 is 0 Å². The zero-order valence-corrected chi connectivity index (χ0v) is 12.8. The van der Waals surface area contributed by atoms with Gasteiger partial charge in [0, 0.05) is 6.42 Å². The number of fused-ring (bicyclic) bond motifs is 1. The fraction of sp³-hybridized carbons (Fsp3) is 0.526. The maximum absolute atomic E-state index is 12.2. The van der Waals surface area contributed by atoms with E-state index in [0.29, 0.717) is 24.0 Å². The summed E-state index contributed by atoms with van der Waals surface area (Å²) in [6.07, 6.45) is 9.29. The average Bonchev–Trinajstić information content (AvgIpc) is 2.49. The largest absolute Gasteiger partial charge is 0.427 e. The molecule has 0 bridgehead atoms. The van der Waals surface area contributed by atoms with Crippen molar-refractivity contribution in [3.63, 3.8) is 0 Å². The molecule has 112 valence electrons. The molecular weight excluding hydrogens is 260 g/mol. The Morgan fingerprint density at radius 3 is 2.81 bits per heavy atom. The van der Waals surface area contributed by atoms with Crippen molar-refractivity contribution in [3.8, 4) is 5.75 Å². The first-order valence-corrected chi connectivity index (χ1v) is 8.15. The summed E-state index contributed by atoms with van der Waals surface area (Å²) in [6, 6.07) is 9.40. The van der Waals surface area contributed by atoms with Gasteiger partial charge in [-0.05, 0) is 62.5 Å². The Morgan fingerprint density at radius 2 is 2.00 bits per heavy atom. The van der Waals surface area contributed by atoms with E-state index < -0.39 is 0 Å². The van der Waals surface area contributed by atoms with Crippen molar-refractivity contribution in [2.75, 3.05) is 0 Å². The predicted molar refractivity (Wildman–Crippen MR) is 84.0 cm³/mol. The topological polar surface area (TPSA) is 26.3 Å². The Labute approximate surface area is 127 Å². The zero-order valence-electron chi connectivity index (χ0n) is 12.8. The first-order chi connectivity index (χ1) is 10.2. The molecule has 2 heteroatoms. The van der Waals surface area contributed by atoms with E-state index in [4.69, 9.17) is 4.74 Å². The summed E-state index contributed by atoms with van der Waals surface area (Å²) in [5.41, 5.74) is 1.50. The van der Waals surface area contributed by atoms with Gasteiger partial charge in [0.2, 0.25) is 0 Å². The lowest BCUT2D eigenvalue weighted by Crippen LogP contribution is -2.31. The van der Waals surface area contributed by atoms with E-state index in [-0.39, 0.29) is 5.97 Å². The molecule has 2 aliphatic carbocycles. The summed E-state index contributed by atoms with van der Waals surface area (Å²) >= 11 is 0. The molecule has 1 unspecified atom stereocenters. The van der Waals surface area contributed by atoms with Crippen LogP contribution in [0.25, 0.3) is 0 Å². The fourth-order valence-electron chi connectivity index (χ4n) is 3.96. The molecule has 1 aromatic rings. The van der Waals surface area contributed by atoms with Crippen LogP contribution in [0.1, 0.15) is 45.4 Å². The molecule has 3 rings (SSSR count). The van der Waals surface area contributed by atoms with Gasteiger partial charge in [0.15, 0.2) is 0 Å². The van der Waals surface area contributed by atoms with Gasteiger partial charge in [-0.25, -0.2) is 0 Å². The van der Waals surface area contributed by atoms with Gasteiger partial charge < -0.3 is 4.74 Å². The first kappa shape index (κ1) is 14.4. The third-order valence-corrected chi connectivity index (χ3v) is 5.03. The number of allylic oxidation sites excluding steroid dienone is 2. The van der Waals surface area contributed by atoms with E-state index in [2.05, 4.69) is 13.0 Å². The third-order valence-electron chi connectivity index (χ3n) is 5.03. The number of ether oxygens (including phenoxy) is 1. The van der Waals surface area contributed by atoms with Gasteiger partial charge in [0.05, 0.1) is 0 Å². The van der Waals surface area contributed by atoms with Crippen LogP contribution in [0.5, 0.6) is 5.75 Å². The van der Waals surface area contributed by atoms with Crippen molar-refractivity contribution in [1.29, 1.82) is 0 Å². The highest BCUT2D eigenvalue weighted by atomic mass is 16.5. The Balaban J connectivity index is 1.63. The standard InChI is InChI=1S/C19H24O2/c1-14-10-11-15-6-5-7-16(18(15)12-14)13-19(20)21-17-8-3-2-4-9-17/h2-4,8-9,12,15-16,18H,5-7,10-11,13H2,1H3/t15-,16?,18-/m1/s1. The van der Waals surface area contributed by atoms with Crippen LogP contribution in [0.3, 0.4) is 0 Å². The summed E-state index contributed by atoms with van der Waals surface area (Å²) in [5.74, 6) is 2.43. The lowest BCUT2D eigenvalue weighted by Gasteiger charge is -2.39. The smallest absolute Gasteiger partial charge is 0.311 e. The second-order valence-electron chi connectivity index (χ2n) is 6.57. The minimum atomic E-state index is -0.0801. The highest BCUT2D eigenvalue weighted by Crippen LogP contribution is 2.43. The maximum Gasteiger partial charge on any atom is 0.311 e. The number of carbonyl (C=O) groups excluding carboxylic acids is 1. The molecule has 0 amide bonds. The van der Waals surface area contributed by atoms with Crippen molar-refractivity contribution in [3.05, 3.63) is 42.0 Å². The number of hydrogen-bond donors (Lipinski definition) is 0. The fourth-order valence-corrected chi connectivity index (χ4v) is 3.96. The summed E-state index contributed by atoms with van der Waals surface area (Å²) in [7, 11) is 0. The van der Waals surface area contributed by atoms with Gasteiger partial charge in [-0.3, -0.25) is 4.79 Å². The molecular formula is C19H24O2. The molecule has 0 saturated heterocycles. The Kier molecular flexibility index (Phi) is 4.42. The average molecular weight is 284 g/mol. The van der Waals surface area contributed by atoms with Gasteiger partial charge in [-0.1, -0.05) is 36.3 Å². The number of rotatable bonds is 3. The molecule has 21 heavy (non-hydrogen) atoms. The monoisotopic (exact) mass is 284 g/mol. The molecule has 0 spiro atoms. The minimum Gasteiger partial charge on any atom is -0.427 e. The van der Waals surface area contributed by atoms with Gasteiger partial charge >= 0.3 is 5.97 Å². The third kappa shape index (κ3) is 3.55. The molecule has 1 aromatic carbocycles. The van der Waals surface area contributed by atoms with Crippen LogP contribution < -0.4 is 4.74 Å². The van der Waals surface area contributed by atoms with Crippen molar-refractivity contribution in [2.45, 2.75) is 45.4 Å². The van der Waals surface area contributed by atoms with E-state index in [0.717, 1.165) is 12.3 Å². The zero-order chi connectivity index (χ0) is 14.7. The van der Waals surface area contributed by atoms with Gasteiger partial charge in [-0.2, -0.15) is 0 Å². The van der Waals surface area contributed by atoms with E-state index in [1.807, 2.05) is 30.3 Å². The molecule has 0 radical (unpaired) electrons. The SMILES string of the molecule is CC1=C[C@H]2C(CC(=O)Oc3ccccc3)CCC[C@@H]2CC1. The summed E-state index contributed by atoms with van der Waals surface area (Å²) < 4.78 is 5.46. The normalized spacial score (nSPS) is 28.4. The molecule has 0 N–H and O–H groups in total. The molecule has 0 heterocycles. The van der Waals surface area contributed by atoms with Gasteiger partial charge in [-0.15, -0.1) is 0 Å². The van der Waals surface area contributed by atoms with Crippen LogP contribution in [-0.2, 0) is 4.79 Å². The van der Waals surface area contributed by atoms with E-state index in [1.54, 1.807) is 0 Å². The van der Waals surface area contributed by atoms with Crippen LogP contribution in [0.4, 0.5) is 0 Å². The molecule has 2 aliphatic rings. The lowest BCUT2D eigenvalue weighted by atomic mass is 9.66. The molecule has 0 aromatic heterocycles. The number of para-hydroxylation sites is 1. The second kappa shape index (κ2) is 6.46. The first-order valence-electron chi connectivity index (χ1n) is 8.15. The Hall–Kier alpha value is -1.57. The minimum absolute atomic E-state index is 0.0801. The van der Waals surface area contributed by atoms with Crippen molar-refractivity contribution in [1.82, 2.24) is 0 Å². The van der Waals surface area contributed by atoms with Crippen molar-refractivity contribution < 1.29 is 9.53 Å². The molecule has 1 saturated carbocycles. The van der Waals surface area contributed by atoms with Crippen LogP contribution in [-0.4, -0.2) is 5.97 Å². The molecule has 0 aliphatic heterocycles. The van der Waals surface area contributed by atoms with Crippen molar-refractivity contribution in [2.24, 2.45) is 17.8 Å². The van der Waals surface area contributed by atoms with Gasteiger partial charge in [0.25, 0.3) is 0 Å². The highest BCUT2D eigenvalue weighted by Gasteiger charge is 2.35. The summed E-state index contributed by atoms with van der Waals surface area (Å²) in [4.78, 5) is 12.2. The van der Waals surface area contributed by atoms with Gasteiger partial charge in [0.1, 0.15) is 5.75 Å². The summed E-state index contributed by atoms with van der Waals surface area (Å²) in [6.45, 7) is 2.23. The summed E-state index contributed by atoms with van der Waals surface area (Å²) in [5, 5.41) is 0. The molecule has 1 fully saturated rings. The molecule has 3 atom stereocenters. The number of esters is 1. The van der Waals surface area contributed by atoms with E-state index >= 15 is 0 Å².